The fraction of sp³-hybridized carbons (Fsp3) is 0.632. The molecule has 2 fully saturated rings. The molecule has 0 unspecified atom stereocenters. The van der Waals surface area contributed by atoms with E-state index in [1.165, 1.54) is 11.1 Å². The van der Waals surface area contributed by atoms with E-state index in [-0.39, 0.29) is 11.8 Å². The number of aliphatic hydroxyl groups is 1. The fourth-order valence-electron chi connectivity index (χ4n) is 3.64. The highest BCUT2D eigenvalue weighted by Gasteiger charge is 2.30. The summed E-state index contributed by atoms with van der Waals surface area (Å²) in [4.78, 5) is 16.4. The number of amides is 1. The van der Waals surface area contributed by atoms with Crippen molar-refractivity contribution in [1.29, 1.82) is 0 Å². The number of aliphatic hydroxyl groups excluding tert-OH is 1. The fourth-order valence-corrected chi connectivity index (χ4v) is 3.64. The van der Waals surface area contributed by atoms with Crippen molar-refractivity contribution < 1.29 is 14.6 Å². The molecule has 1 amide bonds. The zero-order valence-electron chi connectivity index (χ0n) is 14.5. The summed E-state index contributed by atoms with van der Waals surface area (Å²) in [7, 11) is 0. The van der Waals surface area contributed by atoms with Gasteiger partial charge in [0.15, 0.2) is 0 Å². The molecule has 2 atom stereocenters. The largest absolute Gasteiger partial charge is 0.391 e. The Kier molecular flexibility index (Phi) is 5.87. The van der Waals surface area contributed by atoms with Crippen LogP contribution >= 0.6 is 0 Å². The van der Waals surface area contributed by atoms with E-state index in [1.54, 1.807) is 0 Å². The van der Waals surface area contributed by atoms with Crippen molar-refractivity contribution in [1.82, 2.24) is 9.80 Å². The molecular formula is C19H28N2O3. The lowest BCUT2D eigenvalue weighted by Gasteiger charge is -2.37. The van der Waals surface area contributed by atoms with E-state index in [0.717, 1.165) is 32.5 Å². The van der Waals surface area contributed by atoms with Gasteiger partial charge in [0.1, 0.15) is 0 Å². The highest BCUT2D eigenvalue weighted by molar-refractivity contribution is 5.78. The number of ether oxygens (including phenoxy) is 1. The van der Waals surface area contributed by atoms with E-state index in [9.17, 15) is 9.90 Å². The second-order valence-corrected chi connectivity index (χ2v) is 7.04. The van der Waals surface area contributed by atoms with Crippen LogP contribution in [-0.2, 0) is 16.0 Å². The Morgan fingerprint density at radius 2 is 2.08 bits per heavy atom. The van der Waals surface area contributed by atoms with Crippen LogP contribution in [-0.4, -0.2) is 72.9 Å². The number of likely N-dealkylation sites (tertiary alicyclic amines) is 1. The molecule has 0 bridgehead atoms. The molecule has 24 heavy (non-hydrogen) atoms. The number of rotatable bonds is 4. The van der Waals surface area contributed by atoms with Gasteiger partial charge in [0.25, 0.3) is 0 Å². The van der Waals surface area contributed by atoms with Crippen LogP contribution in [0.25, 0.3) is 0 Å². The molecule has 5 heteroatoms. The molecule has 0 spiro atoms. The van der Waals surface area contributed by atoms with Gasteiger partial charge in [0.2, 0.25) is 5.91 Å². The second kappa shape index (κ2) is 8.10. The zero-order valence-corrected chi connectivity index (χ0v) is 14.5. The van der Waals surface area contributed by atoms with Crippen LogP contribution in [0.1, 0.15) is 17.5 Å². The molecule has 0 saturated carbocycles. The Balaban J connectivity index is 1.50. The molecule has 5 nitrogen and oxygen atoms in total. The Hall–Kier alpha value is -1.43. The molecule has 2 saturated heterocycles. The summed E-state index contributed by atoms with van der Waals surface area (Å²) in [5.74, 6) is 0.365. The number of hydrogen-bond acceptors (Lipinski definition) is 4. The van der Waals surface area contributed by atoms with Crippen LogP contribution in [0, 0.1) is 12.8 Å². The van der Waals surface area contributed by atoms with Gasteiger partial charge in [-0.25, -0.2) is 0 Å². The average Bonchev–Trinajstić information content (AvgIpc) is 2.57. The van der Waals surface area contributed by atoms with Crippen molar-refractivity contribution in [3.63, 3.8) is 0 Å². The Labute approximate surface area is 144 Å². The lowest BCUT2D eigenvalue weighted by molar-refractivity contribution is -0.137. The molecule has 1 N–H and O–H groups in total. The minimum atomic E-state index is -0.437. The third-order valence-electron chi connectivity index (χ3n) is 5.12. The van der Waals surface area contributed by atoms with Crippen molar-refractivity contribution in [2.75, 3.05) is 45.9 Å². The number of hydrogen-bond donors (Lipinski definition) is 1. The van der Waals surface area contributed by atoms with Gasteiger partial charge in [-0.05, 0) is 31.2 Å². The van der Waals surface area contributed by atoms with Crippen LogP contribution in [0.5, 0.6) is 0 Å². The summed E-state index contributed by atoms with van der Waals surface area (Å²) in [6.07, 6.45) is 1.31. The number of benzene rings is 1. The normalized spacial score (nSPS) is 25.7. The third kappa shape index (κ3) is 4.56. The standard InChI is InChI=1S/C19H28N2O3/c1-15-3-2-4-16(11-15)12-17-5-6-21(13-18(17)22)19(23)14-20-7-9-24-10-8-20/h2-4,11,17-18,22H,5-10,12-14H2,1H3/t17-,18+/m1/s1. The van der Waals surface area contributed by atoms with Gasteiger partial charge in [-0.2, -0.15) is 0 Å². The van der Waals surface area contributed by atoms with Gasteiger partial charge in [-0.1, -0.05) is 29.8 Å². The summed E-state index contributed by atoms with van der Waals surface area (Å²) in [6.45, 7) is 6.78. The smallest absolute Gasteiger partial charge is 0.236 e. The van der Waals surface area contributed by atoms with Gasteiger partial charge in [0, 0.05) is 26.2 Å². The number of β-amino-alcohol motifs (C(OH)–C–C–N with tert-alkyl or cyclic N) is 1. The first kappa shape index (κ1) is 17.4. The second-order valence-electron chi connectivity index (χ2n) is 7.04. The maximum atomic E-state index is 12.5. The predicted octanol–water partition coefficient (Wildman–Crippen LogP) is 1.08. The van der Waals surface area contributed by atoms with E-state index in [1.807, 2.05) is 4.90 Å². The maximum absolute atomic E-state index is 12.5. The van der Waals surface area contributed by atoms with Crippen molar-refractivity contribution >= 4 is 5.91 Å². The summed E-state index contributed by atoms with van der Waals surface area (Å²) in [6, 6.07) is 8.46. The van der Waals surface area contributed by atoms with Crippen molar-refractivity contribution in [2.45, 2.75) is 25.9 Å². The summed E-state index contributed by atoms with van der Waals surface area (Å²) in [5, 5.41) is 10.5. The number of carbonyl (C=O) groups is 1. The monoisotopic (exact) mass is 332 g/mol. The van der Waals surface area contributed by atoms with E-state index < -0.39 is 6.10 Å². The number of carbonyl (C=O) groups excluding carboxylic acids is 1. The number of piperidine rings is 1. The molecular weight excluding hydrogens is 304 g/mol. The third-order valence-corrected chi connectivity index (χ3v) is 5.12. The lowest BCUT2D eigenvalue weighted by Crippen LogP contribution is -2.51. The molecule has 1 aromatic carbocycles. The summed E-state index contributed by atoms with van der Waals surface area (Å²) < 4.78 is 5.32. The molecule has 2 heterocycles. The highest BCUT2D eigenvalue weighted by Crippen LogP contribution is 2.23. The first-order chi connectivity index (χ1) is 11.6. The first-order valence-corrected chi connectivity index (χ1v) is 8.93. The van der Waals surface area contributed by atoms with E-state index in [4.69, 9.17) is 4.74 Å². The van der Waals surface area contributed by atoms with Crippen LogP contribution < -0.4 is 0 Å². The molecule has 2 aliphatic rings. The van der Waals surface area contributed by atoms with Gasteiger partial charge >= 0.3 is 0 Å². The minimum Gasteiger partial charge on any atom is -0.391 e. The molecule has 0 aliphatic carbocycles. The number of morpholine rings is 1. The summed E-state index contributed by atoms with van der Waals surface area (Å²) in [5.41, 5.74) is 2.52. The minimum absolute atomic E-state index is 0.130. The van der Waals surface area contributed by atoms with Crippen LogP contribution in [0.3, 0.4) is 0 Å². The van der Waals surface area contributed by atoms with Gasteiger partial charge in [-0.15, -0.1) is 0 Å². The lowest BCUT2D eigenvalue weighted by atomic mass is 9.87. The van der Waals surface area contributed by atoms with Gasteiger partial charge in [-0.3, -0.25) is 9.69 Å². The molecule has 2 aliphatic heterocycles. The van der Waals surface area contributed by atoms with Crippen molar-refractivity contribution in [2.24, 2.45) is 5.92 Å². The topological polar surface area (TPSA) is 53.0 Å². The SMILES string of the molecule is Cc1cccc(C[C@H]2CCN(C(=O)CN3CCOCC3)C[C@@H]2O)c1. The number of nitrogens with zero attached hydrogens (tertiary/aromatic N) is 2. The molecule has 0 aromatic heterocycles. The maximum Gasteiger partial charge on any atom is 0.236 e. The van der Waals surface area contributed by atoms with Crippen LogP contribution in [0.15, 0.2) is 24.3 Å². The molecule has 3 rings (SSSR count). The Morgan fingerprint density at radius 3 is 2.79 bits per heavy atom. The number of aryl methyl sites for hydroxylation is 1. The van der Waals surface area contributed by atoms with Gasteiger partial charge in [0.05, 0.1) is 25.9 Å². The summed E-state index contributed by atoms with van der Waals surface area (Å²) >= 11 is 0. The Morgan fingerprint density at radius 1 is 1.29 bits per heavy atom. The molecule has 132 valence electrons. The first-order valence-electron chi connectivity index (χ1n) is 8.93. The zero-order chi connectivity index (χ0) is 16.9. The van der Waals surface area contributed by atoms with E-state index in [2.05, 4.69) is 36.1 Å². The van der Waals surface area contributed by atoms with E-state index >= 15 is 0 Å². The Bertz CT molecular complexity index is 557. The van der Waals surface area contributed by atoms with Crippen molar-refractivity contribution in [3.05, 3.63) is 35.4 Å². The molecule has 1 aromatic rings. The average molecular weight is 332 g/mol. The molecule has 0 radical (unpaired) electrons. The van der Waals surface area contributed by atoms with Crippen LogP contribution in [0.4, 0.5) is 0 Å². The highest BCUT2D eigenvalue weighted by atomic mass is 16.5. The van der Waals surface area contributed by atoms with Gasteiger partial charge < -0.3 is 14.7 Å². The quantitative estimate of drug-likeness (QED) is 0.896. The predicted molar refractivity (Wildman–Crippen MR) is 92.8 cm³/mol. The van der Waals surface area contributed by atoms with Crippen LogP contribution in [0.2, 0.25) is 0 Å². The van der Waals surface area contributed by atoms with E-state index in [0.29, 0.717) is 26.3 Å². The van der Waals surface area contributed by atoms with Crippen molar-refractivity contribution in [3.8, 4) is 0 Å².